The van der Waals surface area contributed by atoms with Gasteiger partial charge in [-0.25, -0.2) is 15.0 Å². The molecule has 0 amide bonds. The lowest BCUT2D eigenvalue weighted by atomic mass is 9.82. The topological polar surface area (TPSA) is 38.7 Å². The largest absolute Gasteiger partial charge is 0.208 e. The zero-order valence-corrected chi connectivity index (χ0v) is 30.6. The minimum atomic E-state index is -0.140. The molecule has 1 aromatic heterocycles. The normalized spacial score (nSPS) is 13.1. The van der Waals surface area contributed by atoms with Crippen LogP contribution in [0, 0.1) is 0 Å². The molecule has 1 aliphatic rings. The van der Waals surface area contributed by atoms with E-state index in [1.54, 1.807) is 0 Å². The van der Waals surface area contributed by atoms with E-state index < -0.39 is 0 Å². The molecular formula is C52H35N3. The summed E-state index contributed by atoms with van der Waals surface area (Å²) < 4.78 is 0. The smallest absolute Gasteiger partial charge is 0.164 e. The molecular weight excluding hydrogens is 667 g/mol. The first-order valence-electron chi connectivity index (χ1n) is 19.0. The summed E-state index contributed by atoms with van der Waals surface area (Å²) in [5.41, 5.74) is 10.1. The van der Waals surface area contributed by atoms with Gasteiger partial charge in [0.1, 0.15) is 0 Å². The van der Waals surface area contributed by atoms with Crippen LogP contribution in [0.2, 0.25) is 0 Å². The van der Waals surface area contributed by atoms with Gasteiger partial charge in [0.2, 0.25) is 0 Å². The maximum absolute atomic E-state index is 5.39. The number of aromatic nitrogens is 3. The molecule has 10 aromatic rings. The zero-order valence-electron chi connectivity index (χ0n) is 30.6. The average Bonchev–Trinajstić information content (AvgIpc) is 3.49. The first-order valence-corrected chi connectivity index (χ1v) is 19.0. The van der Waals surface area contributed by atoms with E-state index >= 15 is 0 Å². The molecule has 0 aliphatic heterocycles. The number of benzene rings is 9. The fourth-order valence-electron chi connectivity index (χ4n) is 9.18. The molecule has 0 saturated carbocycles. The Labute approximate surface area is 319 Å². The standard InChI is InChI=1S/C52H35N3/c1-52(2)45-29-15-14-27-41(45)48-42(28-16-30-46(48)52)51-54-49(32-17-4-3-5-18-32)53-50(55-51)40-26-13-10-23-37(40)43-31-44-35-21-7-6-19-33(35)34-20-8-11-24-38(34)47(44)39-25-12-9-22-36(39)43/h3-31H,1-2H3. The Hall–Kier alpha value is -6.97. The van der Waals surface area contributed by atoms with Gasteiger partial charge in [-0.1, -0.05) is 184 Å². The van der Waals surface area contributed by atoms with Crippen LogP contribution in [0.4, 0.5) is 0 Å². The van der Waals surface area contributed by atoms with Crippen molar-refractivity contribution in [1.29, 1.82) is 0 Å². The fraction of sp³-hybridized carbons (Fsp3) is 0.0577. The van der Waals surface area contributed by atoms with Gasteiger partial charge in [-0.15, -0.1) is 0 Å². The quantitative estimate of drug-likeness (QED) is 0.171. The van der Waals surface area contributed by atoms with Crippen LogP contribution < -0.4 is 0 Å². The molecule has 3 heteroatoms. The van der Waals surface area contributed by atoms with Gasteiger partial charge in [-0.05, 0) is 82.5 Å². The summed E-state index contributed by atoms with van der Waals surface area (Å²) in [5, 5.41) is 9.98. The van der Waals surface area contributed by atoms with Crippen LogP contribution in [0.15, 0.2) is 176 Å². The summed E-state index contributed by atoms with van der Waals surface area (Å²) in [6, 6.07) is 63.0. The second-order valence-electron chi connectivity index (χ2n) is 15.1. The van der Waals surface area contributed by atoms with Crippen molar-refractivity contribution in [2.24, 2.45) is 0 Å². The van der Waals surface area contributed by atoms with Crippen LogP contribution in [-0.2, 0) is 5.41 Å². The molecule has 0 spiro atoms. The molecule has 258 valence electrons. The lowest BCUT2D eigenvalue weighted by molar-refractivity contribution is 0.660. The van der Waals surface area contributed by atoms with Crippen molar-refractivity contribution in [2.75, 3.05) is 0 Å². The van der Waals surface area contributed by atoms with Crippen molar-refractivity contribution in [3.8, 4) is 56.4 Å². The Morgan fingerprint density at radius 3 is 1.53 bits per heavy atom. The Morgan fingerprint density at radius 1 is 0.327 bits per heavy atom. The van der Waals surface area contributed by atoms with E-state index in [9.17, 15) is 0 Å². The molecule has 1 aliphatic carbocycles. The SMILES string of the molecule is CC1(C)c2ccccc2-c2c(-c3nc(-c4ccccc4)nc(-c4ccccc4-c4cc5c6ccccc6c6ccccc6c5c5ccccc45)n3)cccc21. The highest BCUT2D eigenvalue weighted by molar-refractivity contribution is 6.33. The minimum Gasteiger partial charge on any atom is -0.208 e. The number of nitrogens with zero attached hydrogens (tertiary/aromatic N) is 3. The van der Waals surface area contributed by atoms with Crippen LogP contribution in [0.3, 0.4) is 0 Å². The Morgan fingerprint density at radius 2 is 0.800 bits per heavy atom. The number of fused-ring (bicyclic) bond motifs is 11. The molecule has 1 heterocycles. The van der Waals surface area contributed by atoms with Crippen LogP contribution in [0.5, 0.6) is 0 Å². The van der Waals surface area contributed by atoms with E-state index in [-0.39, 0.29) is 5.41 Å². The third kappa shape index (κ3) is 4.73. The molecule has 55 heavy (non-hydrogen) atoms. The summed E-state index contributed by atoms with van der Waals surface area (Å²) in [6.07, 6.45) is 0. The molecule has 0 radical (unpaired) electrons. The Bertz CT molecular complexity index is 3180. The van der Waals surface area contributed by atoms with Crippen LogP contribution in [-0.4, -0.2) is 15.0 Å². The molecule has 3 nitrogen and oxygen atoms in total. The van der Waals surface area contributed by atoms with E-state index in [1.165, 1.54) is 65.3 Å². The molecule has 0 fully saturated rings. The zero-order chi connectivity index (χ0) is 36.7. The molecule has 0 N–H and O–H groups in total. The van der Waals surface area contributed by atoms with Crippen molar-refractivity contribution in [2.45, 2.75) is 19.3 Å². The van der Waals surface area contributed by atoms with Crippen molar-refractivity contribution in [1.82, 2.24) is 15.0 Å². The summed E-state index contributed by atoms with van der Waals surface area (Å²) in [7, 11) is 0. The van der Waals surface area contributed by atoms with Gasteiger partial charge in [0.15, 0.2) is 17.5 Å². The Balaban J connectivity index is 1.20. The highest BCUT2D eigenvalue weighted by Gasteiger charge is 2.37. The first kappa shape index (κ1) is 31.5. The van der Waals surface area contributed by atoms with Crippen LogP contribution in [0.1, 0.15) is 25.0 Å². The maximum Gasteiger partial charge on any atom is 0.164 e. The third-order valence-electron chi connectivity index (χ3n) is 11.7. The highest BCUT2D eigenvalue weighted by Crippen LogP contribution is 2.52. The van der Waals surface area contributed by atoms with Crippen molar-refractivity contribution in [3.05, 3.63) is 187 Å². The van der Waals surface area contributed by atoms with E-state index in [2.05, 4.69) is 172 Å². The van der Waals surface area contributed by atoms with Gasteiger partial charge in [-0.2, -0.15) is 0 Å². The van der Waals surface area contributed by atoms with Crippen LogP contribution in [0.25, 0.3) is 99.5 Å². The van der Waals surface area contributed by atoms with E-state index in [0.717, 1.165) is 27.8 Å². The second kappa shape index (κ2) is 12.0. The highest BCUT2D eigenvalue weighted by atomic mass is 15.0. The molecule has 11 rings (SSSR count). The van der Waals surface area contributed by atoms with Gasteiger partial charge in [0, 0.05) is 22.1 Å². The first-order chi connectivity index (χ1) is 27.1. The van der Waals surface area contributed by atoms with Crippen molar-refractivity contribution in [3.63, 3.8) is 0 Å². The summed E-state index contributed by atoms with van der Waals surface area (Å²) in [4.78, 5) is 15.9. The predicted octanol–water partition coefficient (Wildman–Crippen LogP) is 13.5. The minimum absolute atomic E-state index is 0.140. The Kier molecular flexibility index (Phi) is 6.90. The van der Waals surface area contributed by atoms with Gasteiger partial charge in [-0.3, -0.25) is 0 Å². The molecule has 0 saturated heterocycles. The summed E-state index contributed by atoms with van der Waals surface area (Å²) >= 11 is 0. The molecule has 9 aromatic carbocycles. The van der Waals surface area contributed by atoms with Crippen LogP contribution >= 0.6 is 0 Å². The summed E-state index contributed by atoms with van der Waals surface area (Å²) in [6.45, 7) is 4.62. The summed E-state index contributed by atoms with van der Waals surface area (Å²) in [5.74, 6) is 1.97. The lowest BCUT2D eigenvalue weighted by Crippen LogP contribution is -2.14. The number of hydrogen-bond acceptors (Lipinski definition) is 3. The fourth-order valence-corrected chi connectivity index (χ4v) is 9.18. The second-order valence-corrected chi connectivity index (χ2v) is 15.1. The van der Waals surface area contributed by atoms with Gasteiger partial charge < -0.3 is 0 Å². The lowest BCUT2D eigenvalue weighted by Gasteiger charge is -2.21. The number of rotatable bonds is 4. The molecule has 0 bridgehead atoms. The van der Waals surface area contributed by atoms with Gasteiger partial charge in [0.25, 0.3) is 0 Å². The average molecular weight is 702 g/mol. The van der Waals surface area contributed by atoms with Gasteiger partial charge in [0.05, 0.1) is 0 Å². The number of hydrogen-bond donors (Lipinski definition) is 0. The van der Waals surface area contributed by atoms with Gasteiger partial charge >= 0.3 is 0 Å². The third-order valence-corrected chi connectivity index (χ3v) is 11.7. The predicted molar refractivity (Wildman–Crippen MR) is 229 cm³/mol. The monoisotopic (exact) mass is 701 g/mol. The van der Waals surface area contributed by atoms with E-state index in [0.29, 0.717) is 17.5 Å². The maximum atomic E-state index is 5.39. The van der Waals surface area contributed by atoms with E-state index in [1.807, 2.05) is 18.2 Å². The molecule has 0 atom stereocenters. The van der Waals surface area contributed by atoms with Crippen molar-refractivity contribution < 1.29 is 0 Å². The van der Waals surface area contributed by atoms with Crippen molar-refractivity contribution >= 4 is 43.1 Å². The van der Waals surface area contributed by atoms with E-state index in [4.69, 9.17) is 15.0 Å². The molecule has 0 unspecified atom stereocenters.